The zero-order chi connectivity index (χ0) is 13.3. The van der Waals surface area contributed by atoms with Crippen molar-refractivity contribution in [3.8, 4) is 0 Å². The normalized spacial score (nSPS) is 20.8. The van der Waals surface area contributed by atoms with Gasteiger partial charge in [-0.05, 0) is 38.5 Å². The van der Waals surface area contributed by atoms with Gasteiger partial charge in [0.05, 0.1) is 30.5 Å². The van der Waals surface area contributed by atoms with Crippen LogP contribution in [0.25, 0.3) is 0 Å². The number of aliphatic hydroxyl groups is 1. The Kier molecular flexibility index (Phi) is 3.59. The highest BCUT2D eigenvalue weighted by Crippen LogP contribution is 2.30. The summed E-state index contributed by atoms with van der Waals surface area (Å²) in [7, 11) is 0. The summed E-state index contributed by atoms with van der Waals surface area (Å²) < 4.78 is 19.6. The monoisotopic (exact) mass is 253 g/mol. The number of morpholine rings is 1. The van der Waals surface area contributed by atoms with E-state index >= 15 is 0 Å². The Morgan fingerprint density at radius 3 is 2.72 bits per heavy atom. The Morgan fingerprint density at radius 2 is 2.17 bits per heavy atom. The Morgan fingerprint density at radius 1 is 1.44 bits per heavy atom. The van der Waals surface area contributed by atoms with Crippen molar-refractivity contribution in [1.29, 1.82) is 0 Å². The fraction of sp³-hybridized carbons (Fsp3) is 0.571. The van der Waals surface area contributed by atoms with Crippen LogP contribution in [0.3, 0.4) is 0 Å². The zero-order valence-electron chi connectivity index (χ0n) is 11.1. The van der Waals surface area contributed by atoms with Gasteiger partial charge in [-0.2, -0.15) is 0 Å². The van der Waals surface area contributed by atoms with Gasteiger partial charge in [-0.15, -0.1) is 0 Å². The largest absolute Gasteiger partial charge is 0.389 e. The van der Waals surface area contributed by atoms with Gasteiger partial charge in [0.25, 0.3) is 0 Å². The van der Waals surface area contributed by atoms with E-state index in [2.05, 4.69) is 0 Å². The first-order valence-corrected chi connectivity index (χ1v) is 6.25. The number of hydrogen-bond donors (Lipinski definition) is 1. The van der Waals surface area contributed by atoms with Crippen LogP contribution in [0.5, 0.6) is 0 Å². The van der Waals surface area contributed by atoms with E-state index in [9.17, 15) is 9.50 Å². The number of hydrogen-bond acceptors (Lipinski definition) is 3. The summed E-state index contributed by atoms with van der Waals surface area (Å²) in [5.41, 5.74) is 0.959. The maximum absolute atomic E-state index is 14.1. The molecular formula is C14H20FNO2. The zero-order valence-corrected chi connectivity index (χ0v) is 11.1. The summed E-state index contributed by atoms with van der Waals surface area (Å²) in [5, 5.41) is 9.45. The van der Waals surface area contributed by atoms with E-state index in [1.54, 1.807) is 19.1 Å². The number of halogens is 1. The minimum atomic E-state index is -0.647. The molecule has 1 aromatic carbocycles. The predicted octanol–water partition coefficient (Wildman–Crippen LogP) is 2.49. The van der Waals surface area contributed by atoms with Crippen LogP contribution in [-0.4, -0.2) is 30.4 Å². The maximum atomic E-state index is 14.1. The molecule has 0 aliphatic carbocycles. The maximum Gasteiger partial charge on any atom is 0.146 e. The van der Waals surface area contributed by atoms with Gasteiger partial charge in [0, 0.05) is 6.54 Å². The van der Waals surface area contributed by atoms with Gasteiger partial charge < -0.3 is 14.7 Å². The SMILES string of the molecule is CC(O)c1ccc(N2CCOCC2(C)C)c(F)c1. The molecular weight excluding hydrogens is 233 g/mol. The van der Waals surface area contributed by atoms with E-state index in [-0.39, 0.29) is 11.4 Å². The molecule has 0 aromatic heterocycles. The molecule has 0 saturated carbocycles. The highest BCUT2D eigenvalue weighted by molar-refractivity contribution is 5.52. The standard InChI is InChI=1S/C14H20FNO2/c1-10(17)11-4-5-13(12(15)8-11)16-6-7-18-9-14(16,2)3/h4-5,8,10,17H,6-7,9H2,1-3H3. The summed E-state index contributed by atoms with van der Waals surface area (Å²) in [6, 6.07) is 4.92. The quantitative estimate of drug-likeness (QED) is 0.879. The molecule has 3 nitrogen and oxygen atoms in total. The first-order valence-electron chi connectivity index (χ1n) is 6.25. The van der Waals surface area contributed by atoms with Crippen LogP contribution >= 0.6 is 0 Å². The van der Waals surface area contributed by atoms with E-state index in [0.717, 1.165) is 0 Å². The molecule has 1 saturated heterocycles. The summed E-state index contributed by atoms with van der Waals surface area (Å²) in [6.07, 6.45) is -0.647. The van der Waals surface area contributed by atoms with Gasteiger partial charge in [-0.25, -0.2) is 4.39 Å². The van der Waals surface area contributed by atoms with E-state index in [1.807, 2.05) is 18.7 Å². The van der Waals surface area contributed by atoms with Crippen molar-refractivity contribution in [3.05, 3.63) is 29.6 Å². The lowest BCUT2D eigenvalue weighted by Crippen LogP contribution is -2.53. The van der Waals surface area contributed by atoms with Crippen LogP contribution in [0.1, 0.15) is 32.4 Å². The topological polar surface area (TPSA) is 32.7 Å². The van der Waals surface area contributed by atoms with Crippen LogP contribution in [0.2, 0.25) is 0 Å². The molecule has 0 bridgehead atoms. The average Bonchev–Trinajstić information content (AvgIpc) is 2.29. The second-order valence-electron chi connectivity index (χ2n) is 5.40. The van der Waals surface area contributed by atoms with Crippen molar-refractivity contribution >= 4 is 5.69 Å². The van der Waals surface area contributed by atoms with Crippen molar-refractivity contribution in [2.24, 2.45) is 0 Å². The molecule has 1 aliphatic heterocycles. The molecule has 1 unspecified atom stereocenters. The first kappa shape index (κ1) is 13.3. The van der Waals surface area contributed by atoms with Gasteiger partial charge >= 0.3 is 0 Å². The minimum Gasteiger partial charge on any atom is -0.389 e. The summed E-state index contributed by atoms with van der Waals surface area (Å²) in [6.45, 7) is 7.58. The van der Waals surface area contributed by atoms with Crippen LogP contribution in [0.15, 0.2) is 18.2 Å². The third kappa shape index (κ3) is 2.49. The predicted molar refractivity (Wildman–Crippen MR) is 69.3 cm³/mol. The van der Waals surface area contributed by atoms with E-state index in [0.29, 0.717) is 31.0 Å². The number of nitrogens with zero attached hydrogens (tertiary/aromatic N) is 1. The molecule has 0 spiro atoms. The highest BCUT2D eigenvalue weighted by atomic mass is 19.1. The Balaban J connectivity index is 2.33. The van der Waals surface area contributed by atoms with E-state index in [1.165, 1.54) is 6.07 Å². The highest BCUT2D eigenvalue weighted by Gasteiger charge is 2.32. The third-order valence-electron chi connectivity index (χ3n) is 3.39. The fourth-order valence-corrected chi connectivity index (χ4v) is 2.31. The molecule has 4 heteroatoms. The Bertz CT molecular complexity index is 432. The molecule has 0 amide bonds. The van der Waals surface area contributed by atoms with Gasteiger partial charge in [-0.1, -0.05) is 6.07 Å². The number of rotatable bonds is 2. The van der Waals surface area contributed by atoms with Gasteiger partial charge in [-0.3, -0.25) is 0 Å². The lowest BCUT2D eigenvalue weighted by atomic mass is 10.0. The Hall–Kier alpha value is -1.13. The molecule has 1 aromatic rings. The number of aliphatic hydroxyl groups excluding tert-OH is 1. The van der Waals surface area contributed by atoms with Crippen LogP contribution in [0, 0.1) is 5.82 Å². The Labute approximate surface area is 107 Å². The molecule has 1 N–H and O–H groups in total. The molecule has 1 fully saturated rings. The smallest absolute Gasteiger partial charge is 0.146 e. The molecule has 1 aliphatic rings. The molecule has 1 heterocycles. The van der Waals surface area contributed by atoms with Gasteiger partial charge in [0.2, 0.25) is 0 Å². The average molecular weight is 253 g/mol. The van der Waals surface area contributed by atoms with Crippen molar-refractivity contribution in [1.82, 2.24) is 0 Å². The summed E-state index contributed by atoms with van der Waals surface area (Å²) in [5.74, 6) is -0.289. The molecule has 100 valence electrons. The number of ether oxygens (including phenoxy) is 1. The van der Waals surface area contributed by atoms with Crippen molar-refractivity contribution < 1.29 is 14.2 Å². The summed E-state index contributed by atoms with van der Waals surface area (Å²) >= 11 is 0. The second kappa shape index (κ2) is 4.86. The van der Waals surface area contributed by atoms with E-state index < -0.39 is 6.10 Å². The van der Waals surface area contributed by atoms with Crippen molar-refractivity contribution in [2.75, 3.05) is 24.7 Å². The van der Waals surface area contributed by atoms with Crippen molar-refractivity contribution in [2.45, 2.75) is 32.4 Å². The molecule has 2 rings (SSSR count). The fourth-order valence-electron chi connectivity index (χ4n) is 2.31. The van der Waals surface area contributed by atoms with Crippen molar-refractivity contribution in [3.63, 3.8) is 0 Å². The number of anilines is 1. The molecule has 18 heavy (non-hydrogen) atoms. The lowest BCUT2D eigenvalue weighted by molar-refractivity contribution is 0.0640. The second-order valence-corrected chi connectivity index (χ2v) is 5.40. The van der Waals surface area contributed by atoms with Crippen LogP contribution < -0.4 is 4.90 Å². The minimum absolute atomic E-state index is 0.217. The lowest BCUT2D eigenvalue weighted by Gasteiger charge is -2.44. The van der Waals surface area contributed by atoms with Crippen LogP contribution in [0.4, 0.5) is 10.1 Å². The molecule has 0 radical (unpaired) electrons. The van der Waals surface area contributed by atoms with Gasteiger partial charge in [0.1, 0.15) is 5.82 Å². The van der Waals surface area contributed by atoms with E-state index in [4.69, 9.17) is 4.74 Å². The number of benzene rings is 1. The first-order chi connectivity index (χ1) is 8.42. The molecule has 1 atom stereocenters. The summed E-state index contributed by atoms with van der Waals surface area (Å²) in [4.78, 5) is 2.03. The van der Waals surface area contributed by atoms with Crippen LogP contribution in [-0.2, 0) is 4.74 Å². The third-order valence-corrected chi connectivity index (χ3v) is 3.39. The van der Waals surface area contributed by atoms with Gasteiger partial charge in [0.15, 0.2) is 0 Å².